The summed E-state index contributed by atoms with van der Waals surface area (Å²) >= 11 is 0. The number of hydrogen-bond acceptors (Lipinski definition) is 7. The molecule has 0 aromatic heterocycles. The number of carbonyl (C=O) groups excluding carboxylic acids is 2. The number of allylic oxidation sites excluding steroid dienone is 1. The maximum Gasteiger partial charge on any atom is 0.343 e. The highest BCUT2D eigenvalue weighted by Gasteiger charge is 2.30. The predicted molar refractivity (Wildman–Crippen MR) is 122 cm³/mol. The van der Waals surface area contributed by atoms with Crippen LogP contribution in [0.15, 0.2) is 60.4 Å². The molecule has 33 heavy (non-hydrogen) atoms. The fourth-order valence-corrected chi connectivity index (χ4v) is 3.59. The van der Waals surface area contributed by atoms with E-state index in [-0.39, 0.29) is 17.3 Å². The molecule has 7 nitrogen and oxygen atoms in total. The predicted octanol–water partition coefficient (Wildman–Crippen LogP) is 4.86. The van der Waals surface area contributed by atoms with Crippen molar-refractivity contribution < 1.29 is 33.3 Å². The van der Waals surface area contributed by atoms with Crippen molar-refractivity contribution in [2.24, 2.45) is 0 Å². The topological polar surface area (TPSA) is 80.3 Å². The normalized spacial score (nSPS) is 13.3. The zero-order valence-electron chi connectivity index (χ0n) is 18.6. The lowest BCUT2D eigenvalue weighted by Gasteiger charge is -2.10. The van der Waals surface area contributed by atoms with E-state index in [1.807, 2.05) is 18.2 Å². The molecular formula is C26H22O7. The smallest absolute Gasteiger partial charge is 0.343 e. The Labute approximate surface area is 191 Å². The van der Waals surface area contributed by atoms with Crippen molar-refractivity contribution in [1.82, 2.24) is 0 Å². The Kier molecular flexibility index (Phi) is 6.04. The molecule has 0 fully saturated rings. The zero-order chi connectivity index (χ0) is 23.5. The molecule has 0 bridgehead atoms. The molecule has 0 amide bonds. The van der Waals surface area contributed by atoms with Crippen LogP contribution in [0.25, 0.3) is 6.08 Å². The van der Waals surface area contributed by atoms with Crippen LogP contribution in [0.1, 0.15) is 31.8 Å². The van der Waals surface area contributed by atoms with Gasteiger partial charge in [0.1, 0.15) is 17.2 Å². The number of carbonyl (C=O) groups is 2. The van der Waals surface area contributed by atoms with Crippen molar-refractivity contribution in [3.05, 3.63) is 82.6 Å². The quantitative estimate of drug-likeness (QED) is 0.304. The summed E-state index contributed by atoms with van der Waals surface area (Å²) in [5, 5.41) is 0. The van der Waals surface area contributed by atoms with Crippen molar-refractivity contribution in [2.75, 3.05) is 21.3 Å². The molecule has 0 radical (unpaired) electrons. The number of fused-ring (bicyclic) bond motifs is 1. The monoisotopic (exact) mass is 446 g/mol. The average molecular weight is 446 g/mol. The lowest BCUT2D eigenvalue weighted by atomic mass is 10.0. The molecule has 0 saturated heterocycles. The van der Waals surface area contributed by atoms with Gasteiger partial charge in [-0.2, -0.15) is 0 Å². The highest BCUT2D eigenvalue weighted by atomic mass is 16.5. The summed E-state index contributed by atoms with van der Waals surface area (Å²) in [6.45, 7) is 1.76. The van der Waals surface area contributed by atoms with E-state index in [9.17, 15) is 9.59 Å². The standard InChI is InChI=1S/C26H22O7/c1-15-11-18(32-26(28)17-9-10-20(30-3)21(13-17)31-4)14-22-24(15)25(27)23(33-22)12-16-7-5-6-8-19(16)29-2/h5-14H,1-4H3/b23-12-. The van der Waals surface area contributed by atoms with Crippen LogP contribution in [0.5, 0.6) is 28.7 Å². The minimum Gasteiger partial charge on any atom is -0.496 e. The molecule has 0 saturated carbocycles. The maximum absolute atomic E-state index is 12.9. The summed E-state index contributed by atoms with van der Waals surface area (Å²) < 4.78 is 27.1. The van der Waals surface area contributed by atoms with Crippen molar-refractivity contribution >= 4 is 17.8 Å². The molecular weight excluding hydrogens is 424 g/mol. The first-order valence-corrected chi connectivity index (χ1v) is 10.1. The van der Waals surface area contributed by atoms with Crippen LogP contribution in [0, 0.1) is 6.92 Å². The molecule has 168 valence electrons. The lowest BCUT2D eigenvalue weighted by molar-refractivity contribution is 0.0734. The summed E-state index contributed by atoms with van der Waals surface area (Å²) in [6, 6.07) is 15.2. The minimum atomic E-state index is -0.579. The Morgan fingerprint density at radius 1 is 0.879 bits per heavy atom. The summed E-state index contributed by atoms with van der Waals surface area (Å²) in [5.74, 6) is 1.48. The van der Waals surface area contributed by atoms with Crippen molar-refractivity contribution in [3.8, 4) is 28.7 Å². The van der Waals surface area contributed by atoms with E-state index in [2.05, 4.69) is 0 Å². The number of benzene rings is 3. The first kappa shape index (κ1) is 22.0. The zero-order valence-corrected chi connectivity index (χ0v) is 18.6. The number of para-hydroxylation sites is 1. The maximum atomic E-state index is 12.9. The Balaban J connectivity index is 1.60. The fraction of sp³-hybridized carbons (Fsp3) is 0.154. The second kappa shape index (κ2) is 9.08. The highest BCUT2D eigenvalue weighted by Crippen LogP contribution is 2.38. The van der Waals surface area contributed by atoms with Gasteiger partial charge in [0.05, 0.1) is 32.5 Å². The van der Waals surface area contributed by atoms with Crippen LogP contribution in [-0.2, 0) is 0 Å². The molecule has 7 heteroatoms. The van der Waals surface area contributed by atoms with Crippen LogP contribution in [0.4, 0.5) is 0 Å². The largest absolute Gasteiger partial charge is 0.496 e. The van der Waals surface area contributed by atoms with Crippen molar-refractivity contribution in [2.45, 2.75) is 6.92 Å². The minimum absolute atomic E-state index is 0.168. The van der Waals surface area contributed by atoms with Gasteiger partial charge in [0.2, 0.25) is 5.78 Å². The van der Waals surface area contributed by atoms with Gasteiger partial charge < -0.3 is 23.7 Å². The Hall–Kier alpha value is -4.26. The van der Waals surface area contributed by atoms with E-state index in [1.54, 1.807) is 44.4 Å². The Morgan fingerprint density at radius 3 is 2.33 bits per heavy atom. The number of aryl methyl sites for hydroxylation is 1. The van der Waals surface area contributed by atoms with Gasteiger partial charge >= 0.3 is 5.97 Å². The summed E-state index contributed by atoms with van der Waals surface area (Å²) in [6.07, 6.45) is 1.63. The summed E-state index contributed by atoms with van der Waals surface area (Å²) in [7, 11) is 4.56. The van der Waals surface area contributed by atoms with E-state index in [0.29, 0.717) is 45.3 Å². The van der Waals surface area contributed by atoms with E-state index in [0.717, 1.165) is 0 Å². The molecule has 1 aliphatic rings. The first-order valence-electron chi connectivity index (χ1n) is 10.1. The van der Waals surface area contributed by atoms with E-state index < -0.39 is 5.97 Å². The first-order chi connectivity index (χ1) is 15.9. The molecule has 0 aliphatic carbocycles. The lowest BCUT2D eigenvalue weighted by Crippen LogP contribution is -2.09. The SMILES string of the molecule is COc1ccccc1/C=C1\Oc2cc(OC(=O)c3ccc(OC)c(OC)c3)cc(C)c2C1=O. The molecule has 0 spiro atoms. The van der Waals surface area contributed by atoms with Crippen molar-refractivity contribution in [1.29, 1.82) is 0 Å². The van der Waals surface area contributed by atoms with Gasteiger partial charge in [-0.05, 0) is 48.9 Å². The molecule has 0 N–H and O–H groups in total. The fourth-order valence-electron chi connectivity index (χ4n) is 3.59. The van der Waals surface area contributed by atoms with Gasteiger partial charge in [-0.15, -0.1) is 0 Å². The van der Waals surface area contributed by atoms with Gasteiger partial charge in [0.25, 0.3) is 0 Å². The van der Waals surface area contributed by atoms with E-state index >= 15 is 0 Å². The van der Waals surface area contributed by atoms with Crippen LogP contribution in [0.2, 0.25) is 0 Å². The number of ketones is 1. The van der Waals surface area contributed by atoms with Crippen LogP contribution in [-0.4, -0.2) is 33.1 Å². The molecule has 0 unspecified atom stereocenters. The average Bonchev–Trinajstić information content (AvgIpc) is 3.14. The van der Waals surface area contributed by atoms with Crippen molar-refractivity contribution in [3.63, 3.8) is 0 Å². The number of rotatable bonds is 6. The Morgan fingerprint density at radius 2 is 1.61 bits per heavy atom. The molecule has 1 aliphatic heterocycles. The highest BCUT2D eigenvalue weighted by molar-refractivity contribution is 6.15. The van der Waals surface area contributed by atoms with Crippen LogP contribution < -0.4 is 23.7 Å². The van der Waals surface area contributed by atoms with E-state index in [1.165, 1.54) is 26.4 Å². The summed E-state index contributed by atoms with van der Waals surface area (Å²) in [5.41, 5.74) is 2.08. The molecule has 1 heterocycles. The van der Waals surface area contributed by atoms with Crippen LogP contribution in [0.3, 0.4) is 0 Å². The third-order valence-electron chi connectivity index (χ3n) is 5.20. The number of methoxy groups -OCH3 is 3. The Bertz CT molecular complexity index is 1270. The molecule has 3 aromatic rings. The third kappa shape index (κ3) is 4.25. The van der Waals surface area contributed by atoms with E-state index in [4.69, 9.17) is 23.7 Å². The number of Topliss-reactive ketones (excluding diaryl/α,β-unsaturated/α-hetero) is 1. The third-order valence-corrected chi connectivity index (χ3v) is 5.20. The van der Waals surface area contributed by atoms with Gasteiger partial charge in [-0.1, -0.05) is 18.2 Å². The van der Waals surface area contributed by atoms with Crippen LogP contribution >= 0.6 is 0 Å². The number of hydrogen-bond donors (Lipinski definition) is 0. The molecule has 0 atom stereocenters. The van der Waals surface area contributed by atoms with Gasteiger partial charge in [-0.25, -0.2) is 4.79 Å². The molecule has 4 rings (SSSR count). The summed E-state index contributed by atoms with van der Waals surface area (Å²) in [4.78, 5) is 25.6. The number of ether oxygens (including phenoxy) is 5. The second-order valence-electron chi connectivity index (χ2n) is 7.25. The van der Waals surface area contributed by atoms with Gasteiger partial charge in [-0.3, -0.25) is 4.79 Å². The second-order valence-corrected chi connectivity index (χ2v) is 7.25. The van der Waals surface area contributed by atoms with Gasteiger partial charge in [0, 0.05) is 11.6 Å². The van der Waals surface area contributed by atoms with Gasteiger partial charge in [0.15, 0.2) is 17.3 Å². The molecule has 3 aromatic carbocycles. The number of esters is 1.